The van der Waals surface area contributed by atoms with E-state index in [1.54, 1.807) is 18.3 Å². The first-order valence-electron chi connectivity index (χ1n) is 8.08. The van der Waals surface area contributed by atoms with Crippen LogP contribution in [0.4, 0.5) is 4.79 Å². The van der Waals surface area contributed by atoms with Crippen molar-refractivity contribution in [3.05, 3.63) is 57.8 Å². The smallest absolute Gasteiger partial charge is 0.319 e. The zero-order valence-electron chi connectivity index (χ0n) is 14.0. The maximum Gasteiger partial charge on any atom is 0.319 e. The zero-order chi connectivity index (χ0) is 17.5. The molecule has 1 aromatic heterocycles. The molecule has 0 spiro atoms. The van der Waals surface area contributed by atoms with Gasteiger partial charge in [-0.15, -0.1) is 11.3 Å². The highest BCUT2D eigenvalue weighted by Gasteiger charge is 2.26. The SMILES string of the molecule is CCCc1ccc([C@@H]([NH2+][C@H](C)C(=O)NC(N)=O)c2cccs2)cc1. The Kier molecular flexibility index (Phi) is 6.52. The fourth-order valence-corrected chi connectivity index (χ4v) is 3.46. The molecule has 5 nitrogen and oxygen atoms in total. The summed E-state index contributed by atoms with van der Waals surface area (Å²) >= 11 is 1.65. The molecule has 128 valence electrons. The fourth-order valence-electron chi connectivity index (χ4n) is 2.63. The van der Waals surface area contributed by atoms with E-state index in [1.165, 1.54) is 5.56 Å². The minimum atomic E-state index is -0.822. The van der Waals surface area contributed by atoms with Crippen LogP contribution in [-0.4, -0.2) is 18.0 Å². The molecule has 0 aliphatic carbocycles. The molecule has 5 N–H and O–H groups in total. The number of benzene rings is 1. The van der Waals surface area contributed by atoms with Gasteiger partial charge in [0.1, 0.15) is 6.04 Å². The molecule has 24 heavy (non-hydrogen) atoms. The van der Waals surface area contributed by atoms with Crippen LogP contribution in [0.15, 0.2) is 41.8 Å². The maximum atomic E-state index is 12.0. The number of amides is 3. The van der Waals surface area contributed by atoms with Crippen LogP contribution in [0.1, 0.15) is 42.3 Å². The lowest BCUT2D eigenvalue weighted by molar-refractivity contribution is -0.704. The largest absolute Gasteiger partial charge is 0.351 e. The molecule has 0 saturated carbocycles. The molecule has 2 rings (SSSR count). The average molecular weight is 346 g/mol. The highest BCUT2D eigenvalue weighted by Crippen LogP contribution is 2.23. The van der Waals surface area contributed by atoms with Crippen molar-refractivity contribution in [2.45, 2.75) is 38.8 Å². The topological polar surface area (TPSA) is 88.8 Å². The normalized spacial score (nSPS) is 13.2. The monoisotopic (exact) mass is 346 g/mol. The van der Waals surface area contributed by atoms with Crippen LogP contribution in [-0.2, 0) is 11.2 Å². The van der Waals surface area contributed by atoms with Gasteiger partial charge < -0.3 is 11.1 Å². The van der Waals surface area contributed by atoms with Gasteiger partial charge in [-0.3, -0.25) is 10.1 Å². The van der Waals surface area contributed by atoms with E-state index in [0.717, 1.165) is 23.3 Å². The maximum absolute atomic E-state index is 12.0. The molecule has 1 heterocycles. The van der Waals surface area contributed by atoms with Crippen LogP contribution in [0.2, 0.25) is 0 Å². The first-order valence-corrected chi connectivity index (χ1v) is 8.96. The Morgan fingerprint density at radius 2 is 1.96 bits per heavy atom. The summed E-state index contributed by atoms with van der Waals surface area (Å²) in [6.45, 7) is 3.93. The van der Waals surface area contributed by atoms with Gasteiger partial charge in [-0.25, -0.2) is 4.79 Å². The number of nitrogens with two attached hydrogens (primary N) is 2. The molecule has 2 atom stereocenters. The van der Waals surface area contributed by atoms with Crippen LogP contribution in [0, 0.1) is 0 Å². The van der Waals surface area contributed by atoms with Crippen LogP contribution in [0.25, 0.3) is 0 Å². The second kappa shape index (κ2) is 8.61. The summed E-state index contributed by atoms with van der Waals surface area (Å²) in [6, 6.07) is 11.3. The van der Waals surface area contributed by atoms with E-state index in [2.05, 4.69) is 42.6 Å². The molecular formula is C18H24N3O2S+. The number of thiophene rings is 1. The molecule has 2 aromatic rings. The van der Waals surface area contributed by atoms with Crippen molar-refractivity contribution in [3.63, 3.8) is 0 Å². The van der Waals surface area contributed by atoms with Gasteiger partial charge in [0.2, 0.25) is 0 Å². The Hall–Kier alpha value is -2.18. The third kappa shape index (κ3) is 4.91. The van der Waals surface area contributed by atoms with Crippen molar-refractivity contribution in [2.24, 2.45) is 5.73 Å². The number of hydrogen-bond acceptors (Lipinski definition) is 3. The third-order valence-electron chi connectivity index (χ3n) is 3.87. The molecule has 0 radical (unpaired) electrons. The Morgan fingerprint density at radius 3 is 2.50 bits per heavy atom. The van der Waals surface area contributed by atoms with Gasteiger partial charge in [-0.05, 0) is 30.4 Å². The van der Waals surface area contributed by atoms with E-state index in [4.69, 9.17) is 5.73 Å². The van der Waals surface area contributed by atoms with Crippen LogP contribution in [0.3, 0.4) is 0 Å². The van der Waals surface area contributed by atoms with Gasteiger partial charge in [0.15, 0.2) is 6.04 Å². The van der Waals surface area contributed by atoms with E-state index in [0.29, 0.717) is 0 Å². The highest BCUT2D eigenvalue weighted by molar-refractivity contribution is 7.10. The lowest BCUT2D eigenvalue weighted by Gasteiger charge is -2.19. The number of primary amides is 1. The quantitative estimate of drug-likeness (QED) is 0.715. The summed E-state index contributed by atoms with van der Waals surface area (Å²) < 4.78 is 0. The first kappa shape index (κ1) is 18.2. The summed E-state index contributed by atoms with van der Waals surface area (Å²) in [5.41, 5.74) is 7.48. The summed E-state index contributed by atoms with van der Waals surface area (Å²) in [5.74, 6) is -0.383. The molecule has 0 aliphatic heterocycles. The molecule has 0 fully saturated rings. The molecule has 0 unspecified atom stereocenters. The predicted octanol–water partition coefficient (Wildman–Crippen LogP) is 1.94. The van der Waals surface area contributed by atoms with E-state index < -0.39 is 12.1 Å². The standard InChI is InChI=1S/C18H23N3O2S/c1-3-5-13-7-9-14(10-8-13)16(15-6-4-11-24-15)20-12(2)17(22)21-18(19)23/h4,6-12,16,20H,3,5H2,1-2H3,(H3,19,21,22,23)/p+1/t12-,16-/m1/s1. The fraction of sp³-hybridized carbons (Fsp3) is 0.333. The summed E-state index contributed by atoms with van der Waals surface area (Å²) in [6.07, 6.45) is 2.18. The van der Waals surface area contributed by atoms with E-state index in [1.807, 2.05) is 16.8 Å². The van der Waals surface area contributed by atoms with Crippen molar-refractivity contribution in [1.29, 1.82) is 0 Å². The van der Waals surface area contributed by atoms with E-state index in [9.17, 15) is 9.59 Å². The van der Waals surface area contributed by atoms with Crippen LogP contribution >= 0.6 is 11.3 Å². The summed E-state index contributed by atoms with van der Waals surface area (Å²) in [4.78, 5) is 24.0. The van der Waals surface area contributed by atoms with E-state index in [-0.39, 0.29) is 11.9 Å². The minimum Gasteiger partial charge on any atom is -0.351 e. The minimum absolute atomic E-state index is 0.00861. The highest BCUT2D eigenvalue weighted by atomic mass is 32.1. The second-order valence-electron chi connectivity index (χ2n) is 5.82. The van der Waals surface area contributed by atoms with Crippen molar-refractivity contribution in [2.75, 3.05) is 0 Å². The number of aryl methyl sites for hydroxylation is 1. The van der Waals surface area contributed by atoms with Gasteiger partial charge >= 0.3 is 6.03 Å². The summed E-state index contributed by atoms with van der Waals surface area (Å²) in [5, 5.41) is 6.12. The van der Waals surface area contributed by atoms with Crippen molar-refractivity contribution in [1.82, 2.24) is 5.32 Å². The molecule has 1 aromatic carbocycles. The van der Waals surface area contributed by atoms with Gasteiger partial charge in [-0.2, -0.15) is 0 Å². The van der Waals surface area contributed by atoms with Crippen molar-refractivity contribution >= 4 is 23.3 Å². The molecule has 6 heteroatoms. The number of nitrogens with one attached hydrogen (secondary N) is 1. The van der Waals surface area contributed by atoms with Crippen LogP contribution in [0.5, 0.6) is 0 Å². The predicted molar refractivity (Wildman–Crippen MR) is 95.7 cm³/mol. The third-order valence-corrected chi connectivity index (χ3v) is 4.82. The van der Waals surface area contributed by atoms with Gasteiger partial charge in [0.05, 0.1) is 4.88 Å². The van der Waals surface area contributed by atoms with Crippen LogP contribution < -0.4 is 16.4 Å². The molecule has 0 bridgehead atoms. The Balaban J connectivity index is 2.19. The second-order valence-corrected chi connectivity index (χ2v) is 6.80. The number of carbonyl (C=O) groups is 2. The molecule has 3 amide bonds. The number of hydrogen-bond donors (Lipinski definition) is 3. The van der Waals surface area contributed by atoms with Crippen molar-refractivity contribution < 1.29 is 14.9 Å². The zero-order valence-corrected chi connectivity index (χ0v) is 14.8. The number of quaternary nitrogens is 1. The number of carbonyl (C=O) groups excluding carboxylic acids is 2. The molecule has 0 aliphatic rings. The lowest BCUT2D eigenvalue weighted by Crippen LogP contribution is -2.92. The molecule has 0 saturated heterocycles. The first-order chi connectivity index (χ1) is 11.5. The van der Waals surface area contributed by atoms with E-state index >= 15 is 0 Å². The Morgan fingerprint density at radius 1 is 1.25 bits per heavy atom. The average Bonchev–Trinajstić information content (AvgIpc) is 3.07. The molecular weight excluding hydrogens is 322 g/mol. The number of urea groups is 1. The van der Waals surface area contributed by atoms with Gasteiger partial charge in [-0.1, -0.05) is 43.7 Å². The van der Waals surface area contributed by atoms with Gasteiger partial charge in [0.25, 0.3) is 5.91 Å². The number of rotatable bonds is 7. The Labute approximate surface area is 146 Å². The number of imide groups is 1. The van der Waals surface area contributed by atoms with Gasteiger partial charge in [0, 0.05) is 5.56 Å². The summed E-state index contributed by atoms with van der Waals surface area (Å²) in [7, 11) is 0. The Bertz CT molecular complexity index is 668. The van der Waals surface area contributed by atoms with Crippen molar-refractivity contribution in [3.8, 4) is 0 Å². The lowest BCUT2D eigenvalue weighted by atomic mass is 10.0.